The van der Waals surface area contributed by atoms with Crippen LogP contribution in [0.4, 0.5) is 5.95 Å². The Labute approximate surface area is 172 Å². The molecule has 0 atom stereocenters. The Bertz CT molecular complexity index is 937. The van der Waals surface area contributed by atoms with E-state index in [9.17, 15) is 4.79 Å². The number of hydrogen-bond acceptors (Lipinski definition) is 4. The number of rotatable bonds is 5. The third kappa shape index (κ3) is 4.40. The van der Waals surface area contributed by atoms with Gasteiger partial charge in [-0.05, 0) is 17.0 Å². The van der Waals surface area contributed by atoms with E-state index in [1.54, 1.807) is 6.07 Å². The van der Waals surface area contributed by atoms with Crippen molar-refractivity contribution in [3.63, 3.8) is 0 Å². The van der Waals surface area contributed by atoms with Crippen LogP contribution in [0, 0.1) is 0 Å². The molecule has 5 nitrogen and oxygen atoms in total. The first kappa shape index (κ1) is 19.4. The molecule has 4 rings (SSSR count). The van der Waals surface area contributed by atoms with Crippen LogP contribution in [0.2, 0.25) is 0 Å². The van der Waals surface area contributed by atoms with Gasteiger partial charge in [0.2, 0.25) is 5.95 Å². The standard InChI is InChI=1S/C24H28N4O/c1-18(2)21-17-22(29)26-24(25-21)28-15-13-27(14-16-28)23(19-9-5-3-6-10-19)20-11-7-4-8-12-20/h3-12,17-18,23H,13-16H2,1-2H3,(H,25,26,29). The van der Waals surface area contributed by atoms with Crippen LogP contribution in [0.3, 0.4) is 0 Å². The summed E-state index contributed by atoms with van der Waals surface area (Å²) in [4.78, 5) is 24.4. The second-order valence-corrected chi connectivity index (χ2v) is 7.90. The third-order valence-corrected chi connectivity index (χ3v) is 5.55. The number of aromatic nitrogens is 2. The van der Waals surface area contributed by atoms with Crippen LogP contribution in [-0.2, 0) is 0 Å². The Balaban J connectivity index is 1.55. The van der Waals surface area contributed by atoms with E-state index in [1.165, 1.54) is 11.1 Å². The summed E-state index contributed by atoms with van der Waals surface area (Å²) in [6.45, 7) is 7.61. The maximum absolute atomic E-state index is 12.1. The van der Waals surface area contributed by atoms with Crippen molar-refractivity contribution in [2.45, 2.75) is 25.8 Å². The maximum atomic E-state index is 12.1. The monoisotopic (exact) mass is 388 g/mol. The van der Waals surface area contributed by atoms with E-state index in [-0.39, 0.29) is 17.5 Å². The van der Waals surface area contributed by atoms with Gasteiger partial charge in [0.25, 0.3) is 5.56 Å². The maximum Gasteiger partial charge on any atom is 0.252 e. The number of benzene rings is 2. The molecule has 1 aromatic heterocycles. The van der Waals surface area contributed by atoms with Crippen LogP contribution < -0.4 is 10.5 Å². The Morgan fingerprint density at radius 1 is 0.862 bits per heavy atom. The van der Waals surface area contributed by atoms with Crippen LogP contribution in [0.5, 0.6) is 0 Å². The molecule has 0 aliphatic carbocycles. The smallest absolute Gasteiger partial charge is 0.252 e. The van der Waals surface area contributed by atoms with Crippen molar-refractivity contribution in [2.75, 3.05) is 31.1 Å². The molecule has 1 saturated heterocycles. The van der Waals surface area contributed by atoms with Crippen LogP contribution in [0.15, 0.2) is 71.5 Å². The van der Waals surface area contributed by atoms with Gasteiger partial charge in [-0.25, -0.2) is 4.98 Å². The quantitative estimate of drug-likeness (QED) is 0.722. The van der Waals surface area contributed by atoms with Crippen molar-refractivity contribution < 1.29 is 0 Å². The van der Waals surface area contributed by atoms with Crippen LogP contribution >= 0.6 is 0 Å². The van der Waals surface area contributed by atoms with Gasteiger partial charge in [0.05, 0.1) is 11.7 Å². The van der Waals surface area contributed by atoms with Gasteiger partial charge >= 0.3 is 0 Å². The van der Waals surface area contributed by atoms with E-state index in [0.29, 0.717) is 5.95 Å². The fourth-order valence-corrected chi connectivity index (χ4v) is 3.99. The lowest BCUT2D eigenvalue weighted by molar-refractivity contribution is 0.211. The first-order valence-electron chi connectivity index (χ1n) is 10.3. The van der Waals surface area contributed by atoms with Crippen molar-refractivity contribution >= 4 is 5.95 Å². The molecule has 29 heavy (non-hydrogen) atoms. The number of hydrogen-bond donors (Lipinski definition) is 1. The second-order valence-electron chi connectivity index (χ2n) is 7.90. The van der Waals surface area contributed by atoms with Gasteiger partial charge in [-0.2, -0.15) is 0 Å². The van der Waals surface area contributed by atoms with Gasteiger partial charge in [-0.15, -0.1) is 0 Å². The van der Waals surface area contributed by atoms with E-state index in [4.69, 9.17) is 4.98 Å². The largest absolute Gasteiger partial charge is 0.340 e. The average molecular weight is 389 g/mol. The number of nitrogens with one attached hydrogen (secondary N) is 1. The summed E-state index contributed by atoms with van der Waals surface area (Å²) in [5.74, 6) is 0.926. The molecule has 5 heteroatoms. The zero-order valence-corrected chi connectivity index (χ0v) is 17.1. The van der Waals surface area contributed by atoms with Crippen LogP contribution in [0.1, 0.15) is 42.6 Å². The molecular formula is C24H28N4O. The first-order chi connectivity index (χ1) is 14.1. The lowest BCUT2D eigenvalue weighted by Crippen LogP contribution is -2.48. The molecule has 0 unspecified atom stereocenters. The van der Waals surface area contributed by atoms with E-state index in [2.05, 4.69) is 89.3 Å². The minimum atomic E-state index is -0.0763. The Hall–Kier alpha value is -2.92. The molecule has 1 aliphatic rings. The van der Waals surface area contributed by atoms with E-state index in [0.717, 1.165) is 31.9 Å². The summed E-state index contributed by atoms with van der Waals surface area (Å²) in [7, 11) is 0. The number of piperazine rings is 1. The molecule has 1 N–H and O–H groups in total. The molecular weight excluding hydrogens is 360 g/mol. The molecule has 1 aliphatic heterocycles. The normalized spacial score (nSPS) is 15.2. The number of anilines is 1. The Morgan fingerprint density at radius 3 is 1.93 bits per heavy atom. The van der Waals surface area contributed by atoms with E-state index >= 15 is 0 Å². The number of nitrogens with zero attached hydrogens (tertiary/aromatic N) is 3. The molecule has 0 spiro atoms. The zero-order valence-electron chi connectivity index (χ0n) is 17.1. The lowest BCUT2D eigenvalue weighted by Gasteiger charge is -2.40. The Kier molecular flexibility index (Phi) is 5.76. The van der Waals surface area contributed by atoms with Gasteiger partial charge in [-0.1, -0.05) is 74.5 Å². The molecule has 3 aromatic rings. The average Bonchev–Trinajstić information content (AvgIpc) is 2.75. The van der Waals surface area contributed by atoms with Crippen molar-refractivity contribution in [1.29, 1.82) is 0 Å². The highest BCUT2D eigenvalue weighted by atomic mass is 16.1. The topological polar surface area (TPSA) is 52.2 Å². The summed E-state index contributed by atoms with van der Waals surface area (Å²) in [5.41, 5.74) is 3.38. The van der Waals surface area contributed by atoms with Crippen molar-refractivity contribution in [2.24, 2.45) is 0 Å². The fourth-order valence-electron chi connectivity index (χ4n) is 3.99. The molecule has 0 amide bonds. The third-order valence-electron chi connectivity index (χ3n) is 5.55. The summed E-state index contributed by atoms with van der Waals surface area (Å²) < 4.78 is 0. The number of H-pyrrole nitrogens is 1. The summed E-state index contributed by atoms with van der Waals surface area (Å²) >= 11 is 0. The molecule has 0 saturated carbocycles. The minimum Gasteiger partial charge on any atom is -0.340 e. The van der Waals surface area contributed by atoms with E-state index in [1.807, 2.05) is 0 Å². The van der Waals surface area contributed by atoms with Crippen LogP contribution in [-0.4, -0.2) is 41.0 Å². The molecule has 1 fully saturated rings. The summed E-state index contributed by atoms with van der Waals surface area (Å²) in [6.07, 6.45) is 0. The molecule has 2 heterocycles. The Morgan fingerprint density at radius 2 is 1.41 bits per heavy atom. The first-order valence-corrected chi connectivity index (χ1v) is 10.3. The van der Waals surface area contributed by atoms with Crippen molar-refractivity contribution in [3.8, 4) is 0 Å². The lowest BCUT2D eigenvalue weighted by atomic mass is 9.96. The fraction of sp³-hybridized carbons (Fsp3) is 0.333. The molecule has 0 bridgehead atoms. The van der Waals surface area contributed by atoms with Gasteiger partial charge < -0.3 is 4.90 Å². The van der Waals surface area contributed by atoms with Gasteiger partial charge in [-0.3, -0.25) is 14.7 Å². The van der Waals surface area contributed by atoms with Crippen LogP contribution in [0.25, 0.3) is 0 Å². The molecule has 0 radical (unpaired) electrons. The highest BCUT2D eigenvalue weighted by Crippen LogP contribution is 2.29. The minimum absolute atomic E-state index is 0.0763. The molecule has 150 valence electrons. The summed E-state index contributed by atoms with van der Waals surface area (Å²) in [6, 6.07) is 23.2. The zero-order chi connectivity index (χ0) is 20.2. The predicted molar refractivity (Wildman–Crippen MR) is 117 cm³/mol. The van der Waals surface area contributed by atoms with Crippen molar-refractivity contribution in [1.82, 2.24) is 14.9 Å². The molecule has 2 aromatic carbocycles. The highest BCUT2D eigenvalue weighted by molar-refractivity contribution is 5.35. The van der Waals surface area contributed by atoms with Gasteiger partial charge in [0.1, 0.15) is 0 Å². The predicted octanol–water partition coefficient (Wildman–Crippen LogP) is 3.80. The van der Waals surface area contributed by atoms with E-state index < -0.39 is 0 Å². The number of aromatic amines is 1. The second kappa shape index (κ2) is 8.62. The van der Waals surface area contributed by atoms with Gasteiger partial charge in [0.15, 0.2) is 0 Å². The van der Waals surface area contributed by atoms with Gasteiger partial charge in [0, 0.05) is 32.2 Å². The summed E-state index contributed by atoms with van der Waals surface area (Å²) in [5, 5.41) is 0. The van der Waals surface area contributed by atoms with Crippen molar-refractivity contribution in [3.05, 3.63) is 93.9 Å². The SMILES string of the molecule is CC(C)c1cc(=O)[nH]c(N2CCN(C(c3ccccc3)c3ccccc3)CC2)n1. The highest BCUT2D eigenvalue weighted by Gasteiger charge is 2.27.